The Balaban J connectivity index is 2.36. The molecular formula is C16H24N4O5S. The zero-order valence-corrected chi connectivity index (χ0v) is 16.0. The largest absolute Gasteiger partial charge is 0.360 e. The van der Waals surface area contributed by atoms with E-state index in [1.165, 1.54) is 26.2 Å². The van der Waals surface area contributed by atoms with Crippen LogP contribution in [0, 0.1) is 10.1 Å². The van der Waals surface area contributed by atoms with Gasteiger partial charge in [0, 0.05) is 40.3 Å². The fourth-order valence-electron chi connectivity index (χ4n) is 2.82. The van der Waals surface area contributed by atoms with E-state index in [4.69, 9.17) is 0 Å². The minimum absolute atomic E-state index is 0.0495. The molecule has 1 aliphatic heterocycles. The van der Waals surface area contributed by atoms with E-state index in [1.54, 1.807) is 21.1 Å². The summed E-state index contributed by atoms with van der Waals surface area (Å²) in [6.07, 6.45) is 2.55. The fourth-order valence-corrected chi connectivity index (χ4v) is 4.35. The number of anilines is 1. The van der Waals surface area contributed by atoms with E-state index in [0.717, 1.165) is 25.3 Å². The smallest absolute Gasteiger partial charge is 0.293 e. The average Bonchev–Trinajstić information content (AvgIpc) is 2.61. The van der Waals surface area contributed by atoms with Gasteiger partial charge in [0.2, 0.25) is 15.9 Å². The molecule has 1 amide bonds. The molecule has 0 N–H and O–H groups in total. The number of hydrogen-bond donors (Lipinski definition) is 0. The normalized spacial score (nSPS) is 15.5. The van der Waals surface area contributed by atoms with Crippen LogP contribution in [-0.2, 0) is 14.8 Å². The summed E-state index contributed by atoms with van der Waals surface area (Å²) in [4.78, 5) is 25.4. The fraction of sp³-hybridized carbons (Fsp3) is 0.562. The summed E-state index contributed by atoms with van der Waals surface area (Å²) in [7, 11) is 0.988. The predicted octanol–water partition coefficient (Wildman–Crippen LogP) is 1.29. The van der Waals surface area contributed by atoms with E-state index in [1.807, 2.05) is 0 Å². The first-order valence-corrected chi connectivity index (χ1v) is 9.78. The quantitative estimate of drug-likeness (QED) is 0.541. The summed E-state index contributed by atoms with van der Waals surface area (Å²) in [6.45, 7) is 0.802. The van der Waals surface area contributed by atoms with Crippen LogP contribution in [0.4, 0.5) is 11.4 Å². The number of nitrogens with zero attached hydrogens (tertiary/aromatic N) is 4. The van der Waals surface area contributed by atoms with Gasteiger partial charge in [0.05, 0.1) is 16.4 Å². The van der Waals surface area contributed by atoms with Gasteiger partial charge in [-0.1, -0.05) is 6.42 Å². The van der Waals surface area contributed by atoms with Crippen LogP contribution >= 0.6 is 0 Å². The maximum absolute atomic E-state index is 12.7. The molecule has 9 nitrogen and oxygen atoms in total. The second-order valence-electron chi connectivity index (χ2n) is 6.52. The lowest BCUT2D eigenvalue weighted by Gasteiger charge is -2.26. The van der Waals surface area contributed by atoms with Gasteiger partial charge >= 0.3 is 0 Å². The standard InChI is InChI=1S/C16H24N4O5S/c1-17(2)16(21)12-18(3)14-8-7-13(11-15(14)20(22)23)26(24,25)19-9-5-4-6-10-19/h7-8,11H,4-6,9-10,12H2,1-3H3. The maximum atomic E-state index is 12.7. The lowest BCUT2D eigenvalue weighted by atomic mass is 10.2. The Morgan fingerprint density at radius 3 is 2.35 bits per heavy atom. The van der Waals surface area contributed by atoms with Crippen molar-refractivity contribution in [3.8, 4) is 0 Å². The summed E-state index contributed by atoms with van der Waals surface area (Å²) in [5.74, 6) is -0.216. The maximum Gasteiger partial charge on any atom is 0.293 e. The van der Waals surface area contributed by atoms with E-state index >= 15 is 0 Å². The van der Waals surface area contributed by atoms with Crippen molar-refractivity contribution in [1.82, 2.24) is 9.21 Å². The number of nitro benzene ring substituents is 1. The number of nitro groups is 1. The third kappa shape index (κ3) is 4.31. The number of piperidine rings is 1. The van der Waals surface area contributed by atoms with Crippen molar-refractivity contribution in [2.75, 3.05) is 45.7 Å². The Morgan fingerprint density at radius 1 is 1.19 bits per heavy atom. The Morgan fingerprint density at radius 2 is 1.81 bits per heavy atom. The minimum atomic E-state index is -3.76. The molecule has 0 spiro atoms. The van der Waals surface area contributed by atoms with Crippen LogP contribution in [0.2, 0.25) is 0 Å². The molecule has 144 valence electrons. The molecule has 0 unspecified atom stereocenters. The molecule has 1 fully saturated rings. The van der Waals surface area contributed by atoms with Crippen molar-refractivity contribution in [3.63, 3.8) is 0 Å². The molecule has 0 bridgehead atoms. The highest BCUT2D eigenvalue weighted by Gasteiger charge is 2.29. The van der Waals surface area contributed by atoms with Crippen molar-refractivity contribution in [1.29, 1.82) is 0 Å². The van der Waals surface area contributed by atoms with E-state index in [2.05, 4.69) is 0 Å². The average molecular weight is 384 g/mol. The highest BCUT2D eigenvalue weighted by atomic mass is 32.2. The first-order valence-electron chi connectivity index (χ1n) is 8.34. The summed E-state index contributed by atoms with van der Waals surface area (Å²) in [6, 6.07) is 3.83. The predicted molar refractivity (Wildman–Crippen MR) is 97.7 cm³/mol. The summed E-state index contributed by atoms with van der Waals surface area (Å²) < 4.78 is 26.8. The van der Waals surface area contributed by atoms with Crippen molar-refractivity contribution in [2.24, 2.45) is 0 Å². The Hall–Kier alpha value is -2.20. The molecule has 2 rings (SSSR count). The van der Waals surface area contributed by atoms with Gasteiger partial charge < -0.3 is 9.80 Å². The number of carbonyl (C=O) groups is 1. The molecule has 0 radical (unpaired) electrons. The summed E-state index contributed by atoms with van der Waals surface area (Å²) >= 11 is 0. The zero-order chi connectivity index (χ0) is 19.5. The number of sulfonamides is 1. The molecule has 0 saturated carbocycles. The lowest BCUT2D eigenvalue weighted by Crippen LogP contribution is -2.36. The van der Waals surface area contributed by atoms with Crippen molar-refractivity contribution in [2.45, 2.75) is 24.2 Å². The number of rotatable bonds is 6. The van der Waals surface area contributed by atoms with Crippen LogP contribution in [0.5, 0.6) is 0 Å². The molecular weight excluding hydrogens is 360 g/mol. The van der Waals surface area contributed by atoms with E-state index in [9.17, 15) is 23.3 Å². The van der Waals surface area contributed by atoms with Crippen molar-refractivity contribution in [3.05, 3.63) is 28.3 Å². The number of carbonyl (C=O) groups excluding carboxylic acids is 1. The van der Waals surface area contributed by atoms with Crippen molar-refractivity contribution >= 4 is 27.3 Å². The van der Waals surface area contributed by atoms with Gasteiger partial charge in [-0.2, -0.15) is 4.31 Å². The van der Waals surface area contributed by atoms with E-state index < -0.39 is 14.9 Å². The van der Waals surface area contributed by atoms with Crippen LogP contribution in [0.1, 0.15) is 19.3 Å². The monoisotopic (exact) mass is 384 g/mol. The molecule has 10 heteroatoms. The molecule has 0 atom stereocenters. The number of amides is 1. The molecule has 0 aliphatic carbocycles. The van der Waals surface area contributed by atoms with E-state index in [-0.39, 0.29) is 28.7 Å². The van der Waals surface area contributed by atoms with Gasteiger partial charge in [0.25, 0.3) is 5.69 Å². The summed E-state index contributed by atoms with van der Waals surface area (Å²) in [5, 5.41) is 11.5. The number of likely N-dealkylation sites (N-methyl/N-ethyl adjacent to an activating group) is 2. The van der Waals surface area contributed by atoms with Gasteiger partial charge in [-0.15, -0.1) is 0 Å². The first-order chi connectivity index (χ1) is 12.1. The SMILES string of the molecule is CN(C)C(=O)CN(C)c1ccc(S(=O)(=O)N2CCCCC2)cc1[N+](=O)[O-]. The zero-order valence-electron chi connectivity index (χ0n) is 15.2. The summed E-state index contributed by atoms with van der Waals surface area (Å²) in [5.41, 5.74) is -0.139. The highest BCUT2D eigenvalue weighted by molar-refractivity contribution is 7.89. The van der Waals surface area contributed by atoms with Crippen LogP contribution in [0.25, 0.3) is 0 Å². The van der Waals surface area contributed by atoms with E-state index in [0.29, 0.717) is 13.1 Å². The Labute approximate surface area is 153 Å². The molecule has 0 aromatic heterocycles. The molecule has 1 aliphatic rings. The van der Waals surface area contributed by atoms with Gasteiger partial charge in [0.15, 0.2) is 0 Å². The number of hydrogen-bond acceptors (Lipinski definition) is 6. The number of benzene rings is 1. The van der Waals surface area contributed by atoms with Crippen LogP contribution < -0.4 is 4.90 Å². The second-order valence-corrected chi connectivity index (χ2v) is 8.45. The lowest BCUT2D eigenvalue weighted by molar-refractivity contribution is -0.384. The molecule has 26 heavy (non-hydrogen) atoms. The highest BCUT2D eigenvalue weighted by Crippen LogP contribution is 2.32. The molecule has 1 heterocycles. The first kappa shape index (κ1) is 20.1. The molecule has 1 aromatic carbocycles. The third-order valence-corrected chi connectivity index (χ3v) is 6.27. The Kier molecular flexibility index (Phi) is 6.19. The second kappa shape index (κ2) is 8.00. The van der Waals surface area contributed by atoms with Gasteiger partial charge in [0.1, 0.15) is 5.69 Å². The Bertz CT molecular complexity index is 788. The van der Waals surface area contributed by atoms with Crippen LogP contribution in [0.3, 0.4) is 0 Å². The van der Waals surface area contributed by atoms with Crippen LogP contribution in [0.15, 0.2) is 23.1 Å². The van der Waals surface area contributed by atoms with Gasteiger partial charge in [-0.05, 0) is 25.0 Å². The third-order valence-electron chi connectivity index (χ3n) is 4.38. The molecule has 1 aromatic rings. The van der Waals surface area contributed by atoms with Crippen LogP contribution in [-0.4, -0.2) is 69.2 Å². The molecule has 1 saturated heterocycles. The van der Waals surface area contributed by atoms with Crippen molar-refractivity contribution < 1.29 is 18.1 Å². The topological polar surface area (TPSA) is 104 Å². The van der Waals surface area contributed by atoms with Gasteiger partial charge in [-0.25, -0.2) is 8.42 Å². The van der Waals surface area contributed by atoms with Gasteiger partial charge in [-0.3, -0.25) is 14.9 Å². The minimum Gasteiger partial charge on any atom is -0.360 e.